The molecule has 0 unspecified atom stereocenters. The first-order chi connectivity index (χ1) is 14.7. The van der Waals surface area contributed by atoms with E-state index in [1.54, 1.807) is 26.0 Å². The van der Waals surface area contributed by atoms with Gasteiger partial charge in [0.1, 0.15) is 0 Å². The average Bonchev–Trinajstić information content (AvgIpc) is 3.16. The van der Waals surface area contributed by atoms with Crippen LogP contribution in [0.5, 0.6) is 11.5 Å². The van der Waals surface area contributed by atoms with Gasteiger partial charge < -0.3 is 14.0 Å². The van der Waals surface area contributed by atoms with E-state index in [4.69, 9.17) is 9.47 Å². The lowest BCUT2D eigenvalue weighted by molar-refractivity contribution is 0.254. The van der Waals surface area contributed by atoms with Crippen molar-refractivity contribution in [2.24, 2.45) is 7.05 Å². The van der Waals surface area contributed by atoms with Crippen LogP contribution in [0.2, 0.25) is 0 Å². The Morgan fingerprint density at radius 1 is 1.00 bits per heavy atom. The number of aromatic nitrogens is 3. The summed E-state index contributed by atoms with van der Waals surface area (Å²) in [6.45, 7) is 3.11. The van der Waals surface area contributed by atoms with Gasteiger partial charge in [0.2, 0.25) is 0 Å². The number of fused-ring (bicyclic) bond motifs is 1. The van der Waals surface area contributed by atoms with Gasteiger partial charge in [-0.1, -0.05) is 42.1 Å². The lowest BCUT2D eigenvalue weighted by atomic mass is 9.98. The van der Waals surface area contributed by atoms with Gasteiger partial charge in [-0.25, -0.2) is 0 Å². The minimum absolute atomic E-state index is 0.810. The maximum absolute atomic E-state index is 5.47. The molecule has 2 aromatic carbocycles. The minimum atomic E-state index is 0.810. The van der Waals surface area contributed by atoms with Gasteiger partial charge in [-0.15, -0.1) is 10.2 Å². The molecule has 6 nitrogen and oxygen atoms in total. The Balaban J connectivity index is 1.29. The molecule has 3 aromatic rings. The van der Waals surface area contributed by atoms with Crippen molar-refractivity contribution in [3.63, 3.8) is 0 Å². The highest BCUT2D eigenvalue weighted by molar-refractivity contribution is 7.99. The van der Waals surface area contributed by atoms with E-state index in [1.165, 1.54) is 11.1 Å². The third kappa shape index (κ3) is 4.47. The van der Waals surface area contributed by atoms with Crippen LogP contribution in [-0.4, -0.2) is 52.7 Å². The van der Waals surface area contributed by atoms with E-state index in [-0.39, 0.29) is 0 Å². The average molecular weight is 425 g/mol. The van der Waals surface area contributed by atoms with Crippen molar-refractivity contribution in [3.05, 3.63) is 53.6 Å². The molecule has 0 saturated heterocycles. The van der Waals surface area contributed by atoms with Gasteiger partial charge in [-0.05, 0) is 42.6 Å². The molecule has 0 radical (unpaired) electrons. The summed E-state index contributed by atoms with van der Waals surface area (Å²) >= 11 is 1.77. The summed E-state index contributed by atoms with van der Waals surface area (Å²) in [5.41, 5.74) is 3.80. The van der Waals surface area contributed by atoms with Gasteiger partial charge >= 0.3 is 0 Å². The molecule has 0 amide bonds. The molecule has 1 aliphatic rings. The Bertz CT molecular complexity index is 990. The first kappa shape index (κ1) is 20.8. The number of hydrogen-bond donors (Lipinski definition) is 0. The summed E-state index contributed by atoms with van der Waals surface area (Å²) in [6.07, 6.45) is 2.16. The number of benzene rings is 2. The van der Waals surface area contributed by atoms with E-state index in [0.717, 1.165) is 66.3 Å². The first-order valence-corrected chi connectivity index (χ1v) is 11.2. The number of rotatable bonds is 8. The van der Waals surface area contributed by atoms with Crippen LogP contribution in [0.4, 0.5) is 0 Å². The topological polar surface area (TPSA) is 52.4 Å². The quantitative estimate of drug-likeness (QED) is 0.402. The first-order valence-electron chi connectivity index (χ1n) is 10.2. The highest BCUT2D eigenvalue weighted by Gasteiger charge is 2.19. The second kappa shape index (κ2) is 9.53. The van der Waals surface area contributed by atoms with Gasteiger partial charge in [0.05, 0.1) is 14.2 Å². The molecule has 2 heterocycles. The third-order valence-corrected chi connectivity index (χ3v) is 6.62. The van der Waals surface area contributed by atoms with Crippen molar-refractivity contribution in [1.29, 1.82) is 0 Å². The van der Waals surface area contributed by atoms with Gasteiger partial charge in [-0.3, -0.25) is 4.90 Å². The minimum Gasteiger partial charge on any atom is -0.493 e. The van der Waals surface area contributed by atoms with E-state index >= 15 is 0 Å². The Labute approximate surface area is 182 Å². The smallest absolute Gasteiger partial charge is 0.191 e. The van der Waals surface area contributed by atoms with E-state index < -0.39 is 0 Å². The third-order valence-electron chi connectivity index (χ3n) is 5.51. The van der Waals surface area contributed by atoms with Gasteiger partial charge in [0, 0.05) is 31.5 Å². The largest absolute Gasteiger partial charge is 0.493 e. The predicted octanol–water partition coefficient (Wildman–Crippen LogP) is 4.04. The van der Waals surface area contributed by atoms with Crippen LogP contribution in [0.3, 0.4) is 0 Å². The number of hydrogen-bond acceptors (Lipinski definition) is 6. The predicted molar refractivity (Wildman–Crippen MR) is 120 cm³/mol. The Kier molecular flexibility index (Phi) is 6.59. The summed E-state index contributed by atoms with van der Waals surface area (Å²) in [5.74, 6) is 3.57. The molecular formula is C23H28N4O2S. The monoisotopic (exact) mass is 424 g/mol. The molecule has 0 N–H and O–H groups in total. The maximum Gasteiger partial charge on any atom is 0.191 e. The molecule has 0 atom stereocenters. The maximum atomic E-state index is 5.47. The van der Waals surface area contributed by atoms with E-state index in [1.807, 2.05) is 25.2 Å². The number of thioether (sulfide) groups is 1. The fraction of sp³-hybridized carbons (Fsp3) is 0.391. The Hall–Kier alpha value is -2.51. The molecule has 0 saturated carbocycles. The molecule has 4 rings (SSSR count). The van der Waals surface area contributed by atoms with E-state index in [9.17, 15) is 0 Å². The normalized spacial score (nSPS) is 13.8. The summed E-state index contributed by atoms with van der Waals surface area (Å²) in [6, 6.07) is 14.5. The molecule has 7 heteroatoms. The summed E-state index contributed by atoms with van der Waals surface area (Å²) in [7, 11) is 5.42. The lowest BCUT2D eigenvalue weighted by Gasteiger charge is -2.29. The molecule has 0 bridgehead atoms. The molecule has 0 fully saturated rings. The Morgan fingerprint density at radius 2 is 1.73 bits per heavy atom. The number of ether oxygens (including phenoxy) is 2. The number of methoxy groups -OCH3 is 2. The van der Waals surface area contributed by atoms with Crippen molar-refractivity contribution in [2.45, 2.75) is 24.5 Å². The van der Waals surface area contributed by atoms with Crippen molar-refractivity contribution >= 4 is 11.8 Å². The van der Waals surface area contributed by atoms with Crippen molar-refractivity contribution in [1.82, 2.24) is 19.7 Å². The van der Waals surface area contributed by atoms with Crippen molar-refractivity contribution in [3.8, 4) is 22.9 Å². The molecule has 0 spiro atoms. The lowest BCUT2D eigenvalue weighted by Crippen LogP contribution is -2.31. The molecule has 158 valence electrons. The van der Waals surface area contributed by atoms with Crippen molar-refractivity contribution < 1.29 is 9.47 Å². The van der Waals surface area contributed by atoms with Crippen LogP contribution in [0.25, 0.3) is 11.4 Å². The highest BCUT2D eigenvalue weighted by atomic mass is 32.2. The van der Waals surface area contributed by atoms with Gasteiger partial charge in [0.25, 0.3) is 0 Å². The van der Waals surface area contributed by atoms with Crippen LogP contribution in [-0.2, 0) is 20.0 Å². The van der Waals surface area contributed by atoms with Crippen LogP contribution >= 0.6 is 11.8 Å². The second-order valence-corrected chi connectivity index (χ2v) is 8.50. The second-order valence-electron chi connectivity index (χ2n) is 7.44. The summed E-state index contributed by atoms with van der Waals surface area (Å²) in [5, 5.41) is 9.72. The zero-order valence-corrected chi connectivity index (χ0v) is 18.6. The molecular weight excluding hydrogens is 396 g/mol. The zero-order chi connectivity index (χ0) is 20.9. The van der Waals surface area contributed by atoms with Crippen LogP contribution in [0, 0.1) is 0 Å². The fourth-order valence-corrected chi connectivity index (χ4v) is 4.70. The van der Waals surface area contributed by atoms with E-state index in [2.05, 4.69) is 43.9 Å². The summed E-state index contributed by atoms with van der Waals surface area (Å²) in [4.78, 5) is 2.51. The SMILES string of the molecule is COc1cc2c(cc1OC)CN(CCCSc1nnc(-c3ccccc3)n1C)CC2. The van der Waals surface area contributed by atoms with E-state index in [0.29, 0.717) is 0 Å². The van der Waals surface area contributed by atoms with Gasteiger partial charge in [-0.2, -0.15) is 0 Å². The van der Waals surface area contributed by atoms with Crippen molar-refractivity contribution in [2.75, 3.05) is 33.1 Å². The van der Waals surface area contributed by atoms with Gasteiger partial charge in [0.15, 0.2) is 22.5 Å². The van der Waals surface area contributed by atoms with Crippen LogP contribution in [0.1, 0.15) is 17.5 Å². The number of nitrogens with zero attached hydrogens (tertiary/aromatic N) is 4. The molecule has 30 heavy (non-hydrogen) atoms. The standard InChI is InChI=1S/C23H28N4O2S/c1-26-22(17-8-5-4-6-9-17)24-25-23(26)30-13-7-11-27-12-10-18-14-20(28-2)21(29-3)15-19(18)16-27/h4-6,8-9,14-15H,7,10-13,16H2,1-3H3. The Morgan fingerprint density at radius 3 is 2.47 bits per heavy atom. The van der Waals surface area contributed by atoms with Crippen LogP contribution in [0.15, 0.2) is 47.6 Å². The zero-order valence-electron chi connectivity index (χ0n) is 17.8. The molecule has 1 aliphatic heterocycles. The summed E-state index contributed by atoms with van der Waals surface area (Å²) < 4.78 is 13.0. The van der Waals surface area contributed by atoms with Crippen LogP contribution < -0.4 is 9.47 Å². The highest BCUT2D eigenvalue weighted by Crippen LogP contribution is 2.33. The molecule has 0 aliphatic carbocycles. The fourth-order valence-electron chi connectivity index (χ4n) is 3.86. The molecule has 1 aromatic heterocycles.